The normalized spacial score (nSPS) is 10.0. The first-order chi connectivity index (χ1) is 9.19. The zero-order valence-electron chi connectivity index (χ0n) is 10.2. The summed E-state index contributed by atoms with van der Waals surface area (Å²) in [6.07, 6.45) is 0.780. The van der Waals surface area contributed by atoms with Gasteiger partial charge in [0.05, 0.1) is 0 Å². The van der Waals surface area contributed by atoms with Crippen LogP contribution in [0.15, 0.2) is 48.5 Å². The summed E-state index contributed by atoms with van der Waals surface area (Å²) in [5.74, 6) is 0.678. The summed E-state index contributed by atoms with van der Waals surface area (Å²) in [5.41, 5.74) is 1.97. The van der Waals surface area contributed by atoms with Gasteiger partial charge in [-0.05, 0) is 35.3 Å². The van der Waals surface area contributed by atoms with E-state index in [1.807, 2.05) is 0 Å². The average molecular weight is 256 g/mol. The van der Waals surface area contributed by atoms with E-state index in [1.54, 1.807) is 48.5 Å². The van der Waals surface area contributed by atoms with Crippen molar-refractivity contribution in [2.45, 2.75) is 6.61 Å². The van der Waals surface area contributed by atoms with Crippen molar-refractivity contribution in [3.63, 3.8) is 0 Å². The van der Waals surface area contributed by atoms with E-state index in [0.717, 1.165) is 11.8 Å². The van der Waals surface area contributed by atoms with Gasteiger partial charge in [0.2, 0.25) is 0 Å². The molecule has 2 N–H and O–H groups in total. The molecule has 0 radical (unpaired) electrons. The molecule has 0 aliphatic rings. The molecule has 0 heterocycles. The highest BCUT2D eigenvalue weighted by molar-refractivity contribution is 6.58. The third-order valence-corrected chi connectivity index (χ3v) is 2.70. The SMILES string of the molecule is O=Cc1ccc(OCc2ccc(B(O)O)cc2)cc1. The maximum Gasteiger partial charge on any atom is 0.488 e. The maximum atomic E-state index is 10.5. The van der Waals surface area contributed by atoms with E-state index in [4.69, 9.17) is 14.8 Å². The smallest absolute Gasteiger partial charge is 0.488 e. The van der Waals surface area contributed by atoms with Gasteiger partial charge in [-0.3, -0.25) is 4.79 Å². The molecule has 0 spiro atoms. The molecule has 19 heavy (non-hydrogen) atoms. The van der Waals surface area contributed by atoms with E-state index in [2.05, 4.69) is 0 Å². The number of rotatable bonds is 5. The van der Waals surface area contributed by atoms with Crippen LogP contribution in [-0.2, 0) is 6.61 Å². The van der Waals surface area contributed by atoms with Gasteiger partial charge in [-0.2, -0.15) is 0 Å². The molecule has 2 aromatic rings. The zero-order chi connectivity index (χ0) is 13.7. The Kier molecular flexibility index (Phi) is 4.33. The Hall–Kier alpha value is -2.11. The lowest BCUT2D eigenvalue weighted by molar-refractivity contribution is 0.112. The van der Waals surface area contributed by atoms with Crippen LogP contribution in [0.1, 0.15) is 15.9 Å². The van der Waals surface area contributed by atoms with Gasteiger partial charge < -0.3 is 14.8 Å². The van der Waals surface area contributed by atoms with Crippen LogP contribution < -0.4 is 10.2 Å². The summed E-state index contributed by atoms with van der Waals surface area (Å²) in [5, 5.41) is 17.9. The molecular weight excluding hydrogens is 243 g/mol. The van der Waals surface area contributed by atoms with E-state index in [9.17, 15) is 4.79 Å². The van der Waals surface area contributed by atoms with Crippen LogP contribution in [0.3, 0.4) is 0 Å². The first-order valence-electron chi connectivity index (χ1n) is 5.82. The molecule has 0 atom stereocenters. The van der Waals surface area contributed by atoms with Gasteiger partial charge in [-0.15, -0.1) is 0 Å². The van der Waals surface area contributed by atoms with Crippen LogP contribution in [0.4, 0.5) is 0 Å². The molecular formula is C14H13BO4. The van der Waals surface area contributed by atoms with Crippen molar-refractivity contribution < 1.29 is 19.6 Å². The van der Waals surface area contributed by atoms with E-state index >= 15 is 0 Å². The predicted octanol–water partition coefficient (Wildman–Crippen LogP) is 0.758. The van der Waals surface area contributed by atoms with Crippen LogP contribution in [0.5, 0.6) is 5.75 Å². The molecule has 2 aromatic carbocycles. The van der Waals surface area contributed by atoms with Gasteiger partial charge in [0.25, 0.3) is 0 Å². The average Bonchev–Trinajstić information content (AvgIpc) is 2.46. The van der Waals surface area contributed by atoms with Crippen LogP contribution in [-0.4, -0.2) is 23.5 Å². The van der Waals surface area contributed by atoms with E-state index < -0.39 is 7.12 Å². The van der Waals surface area contributed by atoms with Gasteiger partial charge in [0.1, 0.15) is 18.6 Å². The van der Waals surface area contributed by atoms with Crippen molar-refractivity contribution >= 4 is 18.9 Å². The maximum absolute atomic E-state index is 10.5. The summed E-state index contributed by atoms with van der Waals surface area (Å²) in [4.78, 5) is 10.5. The molecule has 0 amide bonds. The minimum absolute atomic E-state index is 0.377. The second-order valence-corrected chi connectivity index (χ2v) is 4.09. The highest BCUT2D eigenvalue weighted by atomic mass is 16.5. The van der Waals surface area contributed by atoms with Crippen molar-refractivity contribution in [3.05, 3.63) is 59.7 Å². The Morgan fingerprint density at radius 3 is 2.16 bits per heavy atom. The fourth-order valence-electron chi connectivity index (χ4n) is 1.60. The second kappa shape index (κ2) is 6.18. The number of hydrogen-bond donors (Lipinski definition) is 2. The lowest BCUT2D eigenvalue weighted by Crippen LogP contribution is -2.29. The monoisotopic (exact) mass is 256 g/mol. The summed E-state index contributed by atoms with van der Waals surface area (Å²) < 4.78 is 5.55. The highest BCUT2D eigenvalue weighted by Crippen LogP contribution is 2.13. The molecule has 2 rings (SSSR count). The Balaban J connectivity index is 1.95. The van der Waals surface area contributed by atoms with Crippen molar-refractivity contribution in [2.75, 3.05) is 0 Å². The summed E-state index contributed by atoms with van der Waals surface area (Å²) >= 11 is 0. The first-order valence-corrected chi connectivity index (χ1v) is 5.82. The summed E-state index contributed by atoms with van der Waals surface area (Å²) in [6, 6.07) is 13.7. The fourth-order valence-corrected chi connectivity index (χ4v) is 1.60. The lowest BCUT2D eigenvalue weighted by atomic mass is 9.80. The van der Waals surface area contributed by atoms with Gasteiger partial charge >= 0.3 is 7.12 Å². The van der Waals surface area contributed by atoms with Gasteiger partial charge in [-0.1, -0.05) is 24.3 Å². The third-order valence-electron chi connectivity index (χ3n) is 2.70. The minimum Gasteiger partial charge on any atom is -0.489 e. The number of carbonyl (C=O) groups is 1. The molecule has 0 unspecified atom stereocenters. The molecule has 0 saturated carbocycles. The molecule has 5 heteroatoms. The number of ether oxygens (including phenoxy) is 1. The topological polar surface area (TPSA) is 66.8 Å². The van der Waals surface area contributed by atoms with Crippen molar-refractivity contribution in [3.8, 4) is 5.75 Å². The van der Waals surface area contributed by atoms with Gasteiger partial charge in [0, 0.05) is 5.56 Å². The molecule has 0 aliphatic heterocycles. The van der Waals surface area contributed by atoms with Crippen LogP contribution >= 0.6 is 0 Å². The van der Waals surface area contributed by atoms with Crippen LogP contribution in [0.25, 0.3) is 0 Å². The molecule has 96 valence electrons. The molecule has 0 bridgehead atoms. The van der Waals surface area contributed by atoms with Crippen molar-refractivity contribution in [1.29, 1.82) is 0 Å². The van der Waals surface area contributed by atoms with Gasteiger partial charge in [-0.25, -0.2) is 0 Å². The van der Waals surface area contributed by atoms with Crippen molar-refractivity contribution in [1.82, 2.24) is 0 Å². The standard InChI is InChI=1S/C14H13BO4/c16-9-11-3-7-14(8-4-11)19-10-12-1-5-13(6-2-12)15(17)18/h1-9,17-18H,10H2. The lowest BCUT2D eigenvalue weighted by Gasteiger charge is -2.07. The Labute approximate surface area is 111 Å². The second-order valence-electron chi connectivity index (χ2n) is 4.09. The Bertz CT molecular complexity index is 534. The minimum atomic E-state index is -1.45. The quantitative estimate of drug-likeness (QED) is 0.612. The zero-order valence-corrected chi connectivity index (χ0v) is 10.2. The summed E-state index contributed by atoms with van der Waals surface area (Å²) in [7, 11) is -1.45. The first kappa shape index (κ1) is 13.3. The Morgan fingerprint density at radius 1 is 1.00 bits per heavy atom. The molecule has 0 saturated heterocycles. The number of aldehydes is 1. The third kappa shape index (κ3) is 3.68. The molecule has 0 fully saturated rings. The fraction of sp³-hybridized carbons (Fsp3) is 0.0714. The van der Waals surface area contributed by atoms with Crippen LogP contribution in [0, 0.1) is 0 Å². The number of hydrogen-bond acceptors (Lipinski definition) is 4. The Morgan fingerprint density at radius 2 is 1.63 bits per heavy atom. The summed E-state index contributed by atoms with van der Waals surface area (Å²) in [6.45, 7) is 0.377. The number of benzene rings is 2. The predicted molar refractivity (Wildman–Crippen MR) is 72.4 cm³/mol. The van der Waals surface area contributed by atoms with E-state index in [1.165, 1.54) is 0 Å². The highest BCUT2D eigenvalue weighted by Gasteiger charge is 2.09. The van der Waals surface area contributed by atoms with Crippen LogP contribution in [0.2, 0.25) is 0 Å². The largest absolute Gasteiger partial charge is 0.489 e. The molecule has 4 nitrogen and oxygen atoms in total. The molecule has 0 aliphatic carbocycles. The van der Waals surface area contributed by atoms with Gasteiger partial charge in [0.15, 0.2) is 0 Å². The number of carbonyl (C=O) groups excluding carboxylic acids is 1. The van der Waals surface area contributed by atoms with E-state index in [-0.39, 0.29) is 0 Å². The van der Waals surface area contributed by atoms with E-state index in [0.29, 0.717) is 23.4 Å². The van der Waals surface area contributed by atoms with Crippen molar-refractivity contribution in [2.24, 2.45) is 0 Å². The molecule has 0 aromatic heterocycles.